The molecular weight excluding hydrogens is 384 g/mol. The van der Waals surface area contributed by atoms with E-state index in [-0.39, 0.29) is 6.10 Å². The summed E-state index contributed by atoms with van der Waals surface area (Å²) in [4.78, 5) is 2.16. The largest absolute Gasteiger partial charge is 0.331 e. The first-order chi connectivity index (χ1) is 5.49. The van der Waals surface area contributed by atoms with Gasteiger partial charge in [-0.05, 0) is 20.5 Å². The molecule has 1 unspecified atom stereocenters. The SMILES string of the molecule is CN(C)CCC1COC(I)(I)O1. The van der Waals surface area contributed by atoms with Crippen molar-refractivity contribution in [3.63, 3.8) is 0 Å². The Hall–Kier alpha value is 1.34. The Bertz CT molecular complexity index is 152. The van der Waals surface area contributed by atoms with Gasteiger partial charge in [0.15, 0.2) is 0 Å². The number of hydrogen-bond acceptors (Lipinski definition) is 3. The molecule has 12 heavy (non-hydrogen) atoms. The first kappa shape index (κ1) is 11.4. The third kappa shape index (κ3) is 4.03. The minimum Gasteiger partial charge on any atom is -0.331 e. The van der Waals surface area contributed by atoms with E-state index in [2.05, 4.69) is 64.2 Å². The fraction of sp³-hybridized carbons (Fsp3) is 1.00. The summed E-state index contributed by atoms with van der Waals surface area (Å²) < 4.78 is 10.6. The maximum absolute atomic E-state index is 5.62. The molecule has 72 valence electrons. The molecule has 0 aromatic heterocycles. The molecule has 1 rings (SSSR count). The van der Waals surface area contributed by atoms with Crippen molar-refractivity contribution in [2.24, 2.45) is 0 Å². The van der Waals surface area contributed by atoms with E-state index in [4.69, 9.17) is 9.47 Å². The Kier molecular flexibility index (Phi) is 4.49. The van der Waals surface area contributed by atoms with Gasteiger partial charge in [0.25, 0.3) is 1.80 Å². The highest BCUT2D eigenvalue weighted by Crippen LogP contribution is 2.37. The predicted octanol–water partition coefficient (Wildman–Crippen LogP) is 1.83. The first-order valence-corrected chi connectivity index (χ1v) is 6.00. The molecule has 0 radical (unpaired) electrons. The zero-order chi connectivity index (χ0) is 9.19. The average Bonchev–Trinajstić information content (AvgIpc) is 2.26. The summed E-state index contributed by atoms with van der Waals surface area (Å²) in [5, 5.41) is 0. The van der Waals surface area contributed by atoms with Crippen LogP contribution in [0.25, 0.3) is 0 Å². The predicted molar refractivity (Wildman–Crippen MR) is 64.8 cm³/mol. The number of alkyl halides is 2. The van der Waals surface area contributed by atoms with E-state index in [9.17, 15) is 0 Å². The molecule has 0 bridgehead atoms. The second kappa shape index (κ2) is 4.72. The fourth-order valence-corrected chi connectivity index (χ4v) is 2.08. The first-order valence-electron chi connectivity index (χ1n) is 3.84. The van der Waals surface area contributed by atoms with Crippen LogP contribution in [0.5, 0.6) is 0 Å². The van der Waals surface area contributed by atoms with Crippen LogP contribution in [0.2, 0.25) is 0 Å². The Balaban J connectivity index is 2.20. The molecule has 1 heterocycles. The summed E-state index contributed by atoms with van der Waals surface area (Å²) in [6, 6.07) is 0. The van der Waals surface area contributed by atoms with Crippen molar-refractivity contribution >= 4 is 45.2 Å². The summed E-state index contributed by atoms with van der Waals surface area (Å²) in [7, 11) is 4.13. The summed E-state index contributed by atoms with van der Waals surface area (Å²) in [6.07, 6.45) is 1.31. The van der Waals surface area contributed by atoms with Crippen LogP contribution in [0.1, 0.15) is 6.42 Å². The molecule has 5 heteroatoms. The van der Waals surface area contributed by atoms with Crippen LogP contribution >= 0.6 is 45.2 Å². The van der Waals surface area contributed by atoms with E-state index in [1.807, 2.05) is 0 Å². The van der Waals surface area contributed by atoms with Crippen LogP contribution in [0.3, 0.4) is 0 Å². The monoisotopic (exact) mass is 397 g/mol. The fourth-order valence-electron chi connectivity index (χ4n) is 0.996. The molecule has 1 fully saturated rings. The Morgan fingerprint density at radius 3 is 2.58 bits per heavy atom. The Morgan fingerprint density at radius 1 is 1.50 bits per heavy atom. The van der Waals surface area contributed by atoms with Gasteiger partial charge in [-0.15, -0.1) is 0 Å². The van der Waals surface area contributed by atoms with Crippen LogP contribution < -0.4 is 0 Å². The molecule has 3 nitrogen and oxygen atoms in total. The van der Waals surface area contributed by atoms with Crippen molar-refractivity contribution in [1.29, 1.82) is 0 Å². The summed E-state index contributed by atoms with van der Waals surface area (Å²) in [6.45, 7) is 1.77. The van der Waals surface area contributed by atoms with Crippen molar-refractivity contribution < 1.29 is 9.47 Å². The standard InChI is InChI=1S/C7H13I2NO2/c1-10(2)4-3-6-5-11-7(8,9)12-6/h6H,3-5H2,1-2H3. The number of halogens is 2. The summed E-state index contributed by atoms with van der Waals surface area (Å²) >= 11 is 4.33. The van der Waals surface area contributed by atoms with Crippen LogP contribution in [-0.2, 0) is 9.47 Å². The molecule has 0 saturated carbocycles. The van der Waals surface area contributed by atoms with Crippen LogP contribution in [0.15, 0.2) is 0 Å². The third-order valence-corrected chi connectivity index (χ3v) is 2.77. The lowest BCUT2D eigenvalue weighted by molar-refractivity contribution is 0.0110. The number of ether oxygens (including phenoxy) is 2. The highest BCUT2D eigenvalue weighted by molar-refractivity contribution is 14.2. The third-order valence-electron chi connectivity index (χ3n) is 1.64. The lowest BCUT2D eigenvalue weighted by atomic mass is 10.2. The van der Waals surface area contributed by atoms with Crippen molar-refractivity contribution in [1.82, 2.24) is 4.90 Å². The van der Waals surface area contributed by atoms with Crippen molar-refractivity contribution in [2.75, 3.05) is 27.2 Å². The van der Waals surface area contributed by atoms with Crippen LogP contribution in [0, 0.1) is 0 Å². The van der Waals surface area contributed by atoms with Gasteiger partial charge in [0.1, 0.15) is 0 Å². The zero-order valence-corrected chi connectivity index (χ0v) is 11.5. The number of hydrogen-bond donors (Lipinski definition) is 0. The van der Waals surface area contributed by atoms with Crippen molar-refractivity contribution in [3.05, 3.63) is 0 Å². The molecule has 1 saturated heterocycles. The normalized spacial score (nSPS) is 28.2. The van der Waals surface area contributed by atoms with Gasteiger partial charge in [0.05, 0.1) is 12.7 Å². The summed E-state index contributed by atoms with van der Waals surface area (Å²) in [5.74, 6) is 0. The highest BCUT2D eigenvalue weighted by Gasteiger charge is 2.35. The Morgan fingerprint density at radius 2 is 2.17 bits per heavy atom. The minimum absolute atomic E-state index is 0.265. The minimum atomic E-state index is -0.424. The molecule has 1 atom stereocenters. The zero-order valence-electron chi connectivity index (χ0n) is 7.22. The highest BCUT2D eigenvalue weighted by atomic mass is 127. The maximum Gasteiger partial charge on any atom is 0.275 e. The van der Waals surface area contributed by atoms with E-state index in [0.717, 1.165) is 19.6 Å². The van der Waals surface area contributed by atoms with Gasteiger partial charge in [-0.1, -0.05) is 0 Å². The molecule has 1 aliphatic rings. The molecule has 1 aliphatic heterocycles. The van der Waals surface area contributed by atoms with Crippen LogP contribution in [-0.4, -0.2) is 40.1 Å². The van der Waals surface area contributed by atoms with E-state index in [1.54, 1.807) is 0 Å². The van der Waals surface area contributed by atoms with E-state index in [0.29, 0.717) is 0 Å². The van der Waals surface area contributed by atoms with Gasteiger partial charge in [-0.25, -0.2) is 0 Å². The topological polar surface area (TPSA) is 21.7 Å². The molecule has 0 spiro atoms. The molecule has 0 aromatic rings. The van der Waals surface area contributed by atoms with E-state index < -0.39 is 1.80 Å². The lowest BCUT2D eigenvalue weighted by Crippen LogP contribution is -2.21. The Labute approximate surface area is 100 Å². The summed E-state index contributed by atoms with van der Waals surface area (Å²) in [5.41, 5.74) is 0. The van der Waals surface area contributed by atoms with Crippen molar-refractivity contribution in [3.8, 4) is 0 Å². The molecule has 0 aliphatic carbocycles. The lowest BCUT2D eigenvalue weighted by Gasteiger charge is -2.15. The molecule has 0 amide bonds. The van der Waals surface area contributed by atoms with Crippen molar-refractivity contribution in [2.45, 2.75) is 14.3 Å². The number of nitrogens with zero attached hydrogens (tertiary/aromatic N) is 1. The smallest absolute Gasteiger partial charge is 0.275 e. The van der Waals surface area contributed by atoms with E-state index >= 15 is 0 Å². The second-order valence-electron chi connectivity index (χ2n) is 3.11. The van der Waals surface area contributed by atoms with Crippen LogP contribution in [0.4, 0.5) is 0 Å². The van der Waals surface area contributed by atoms with Gasteiger partial charge < -0.3 is 14.4 Å². The van der Waals surface area contributed by atoms with Gasteiger partial charge in [0.2, 0.25) is 0 Å². The quantitative estimate of drug-likeness (QED) is 0.536. The van der Waals surface area contributed by atoms with Gasteiger partial charge in [-0.3, -0.25) is 0 Å². The molecular formula is C7H13I2NO2. The molecule has 0 aromatic carbocycles. The van der Waals surface area contributed by atoms with E-state index in [1.165, 1.54) is 0 Å². The average molecular weight is 397 g/mol. The second-order valence-corrected chi connectivity index (χ2v) is 8.01. The van der Waals surface area contributed by atoms with Gasteiger partial charge in [0, 0.05) is 51.7 Å². The van der Waals surface area contributed by atoms with Gasteiger partial charge >= 0.3 is 0 Å². The maximum atomic E-state index is 5.62. The van der Waals surface area contributed by atoms with Gasteiger partial charge in [-0.2, -0.15) is 0 Å². The number of rotatable bonds is 3. The molecule has 0 N–H and O–H groups in total.